The highest BCUT2D eigenvalue weighted by Gasteiger charge is 2.68. The lowest BCUT2D eigenvalue weighted by Crippen LogP contribution is -2.32. The summed E-state index contributed by atoms with van der Waals surface area (Å²) in [7, 11) is 0. The van der Waals surface area contributed by atoms with Crippen LogP contribution < -0.4 is 5.32 Å². The van der Waals surface area contributed by atoms with Gasteiger partial charge in [-0.05, 0) is 12.0 Å². The van der Waals surface area contributed by atoms with Gasteiger partial charge in [0.2, 0.25) is 5.91 Å². The van der Waals surface area contributed by atoms with E-state index in [9.17, 15) is 9.90 Å². The molecule has 1 saturated carbocycles. The van der Waals surface area contributed by atoms with Crippen molar-refractivity contribution < 1.29 is 9.90 Å². The standard InChI is InChI=1S/C11H11NO2/c13-9-8-6-11(8,10(14)12-9)7-4-2-1-3-5-7/h1-5,8-9,13H,6H2,(H,12,14). The van der Waals surface area contributed by atoms with Crippen LogP contribution in [0.2, 0.25) is 0 Å². The molecule has 1 aliphatic carbocycles. The first kappa shape index (κ1) is 8.00. The van der Waals surface area contributed by atoms with Crippen LogP contribution in [-0.2, 0) is 10.2 Å². The molecule has 2 N–H and O–H groups in total. The second-order valence-corrected chi connectivity index (χ2v) is 4.07. The fourth-order valence-corrected chi connectivity index (χ4v) is 2.49. The Morgan fingerprint density at radius 3 is 2.57 bits per heavy atom. The van der Waals surface area contributed by atoms with Gasteiger partial charge in [0, 0.05) is 5.92 Å². The lowest BCUT2D eigenvalue weighted by atomic mass is 9.94. The predicted molar refractivity (Wildman–Crippen MR) is 50.4 cm³/mol. The summed E-state index contributed by atoms with van der Waals surface area (Å²) >= 11 is 0. The minimum Gasteiger partial charge on any atom is -0.373 e. The van der Waals surface area contributed by atoms with E-state index in [1.165, 1.54) is 0 Å². The maximum Gasteiger partial charge on any atom is 0.233 e. The summed E-state index contributed by atoms with van der Waals surface area (Å²) in [6.07, 6.45) is 0.131. The third kappa shape index (κ3) is 0.780. The maximum absolute atomic E-state index is 11.7. The van der Waals surface area contributed by atoms with Crippen LogP contribution >= 0.6 is 0 Å². The molecule has 3 nitrogen and oxygen atoms in total. The molecule has 1 saturated heterocycles. The third-order valence-corrected chi connectivity index (χ3v) is 3.37. The highest BCUT2D eigenvalue weighted by molar-refractivity contribution is 5.95. The number of amides is 1. The summed E-state index contributed by atoms with van der Waals surface area (Å²) in [5.41, 5.74) is 0.611. The Morgan fingerprint density at radius 2 is 2.07 bits per heavy atom. The van der Waals surface area contributed by atoms with Gasteiger partial charge in [-0.15, -0.1) is 0 Å². The zero-order chi connectivity index (χ0) is 9.76. The highest BCUT2D eigenvalue weighted by Crippen LogP contribution is 2.59. The fraction of sp³-hybridized carbons (Fsp3) is 0.364. The molecule has 1 aromatic rings. The molecule has 0 spiro atoms. The number of hydrogen-bond acceptors (Lipinski definition) is 2. The van der Waals surface area contributed by atoms with E-state index in [0.717, 1.165) is 12.0 Å². The molecule has 14 heavy (non-hydrogen) atoms. The number of rotatable bonds is 1. The second-order valence-electron chi connectivity index (χ2n) is 4.07. The Hall–Kier alpha value is -1.35. The van der Waals surface area contributed by atoms with Crippen LogP contribution in [0.15, 0.2) is 30.3 Å². The normalized spacial score (nSPS) is 39.1. The molecule has 0 bridgehead atoms. The molecule has 0 aromatic heterocycles. The van der Waals surface area contributed by atoms with Gasteiger partial charge in [0.15, 0.2) is 0 Å². The molecule has 72 valence electrons. The highest BCUT2D eigenvalue weighted by atomic mass is 16.3. The van der Waals surface area contributed by atoms with Crippen molar-refractivity contribution in [3.63, 3.8) is 0 Å². The van der Waals surface area contributed by atoms with Gasteiger partial charge in [-0.25, -0.2) is 0 Å². The number of carbonyl (C=O) groups is 1. The minimum absolute atomic E-state index is 0.0267. The van der Waals surface area contributed by atoms with Crippen LogP contribution in [0.4, 0.5) is 0 Å². The summed E-state index contributed by atoms with van der Waals surface area (Å²) in [6.45, 7) is 0. The molecular weight excluding hydrogens is 178 g/mol. The van der Waals surface area contributed by atoms with Crippen LogP contribution in [0.25, 0.3) is 0 Å². The van der Waals surface area contributed by atoms with E-state index in [-0.39, 0.29) is 11.8 Å². The molecule has 1 aromatic carbocycles. The van der Waals surface area contributed by atoms with Crippen molar-refractivity contribution in [1.29, 1.82) is 0 Å². The van der Waals surface area contributed by atoms with E-state index in [4.69, 9.17) is 0 Å². The van der Waals surface area contributed by atoms with Crippen molar-refractivity contribution in [2.45, 2.75) is 18.1 Å². The van der Waals surface area contributed by atoms with Crippen molar-refractivity contribution in [3.8, 4) is 0 Å². The van der Waals surface area contributed by atoms with E-state index >= 15 is 0 Å². The Bertz CT molecular complexity index is 390. The molecule has 3 heteroatoms. The van der Waals surface area contributed by atoms with Crippen molar-refractivity contribution in [2.75, 3.05) is 0 Å². The van der Waals surface area contributed by atoms with Crippen LogP contribution in [0.1, 0.15) is 12.0 Å². The average Bonchev–Trinajstić information content (AvgIpc) is 2.90. The summed E-state index contributed by atoms with van der Waals surface area (Å²) in [5, 5.41) is 12.1. The van der Waals surface area contributed by atoms with Gasteiger partial charge in [0.1, 0.15) is 6.23 Å². The Balaban J connectivity index is 2.05. The number of fused-ring (bicyclic) bond motifs is 1. The van der Waals surface area contributed by atoms with E-state index in [2.05, 4.69) is 5.32 Å². The van der Waals surface area contributed by atoms with E-state index in [1.807, 2.05) is 30.3 Å². The van der Waals surface area contributed by atoms with Gasteiger partial charge >= 0.3 is 0 Å². The second kappa shape index (κ2) is 2.36. The molecule has 3 unspecified atom stereocenters. The third-order valence-electron chi connectivity index (χ3n) is 3.37. The van der Waals surface area contributed by atoms with Crippen molar-refractivity contribution in [1.82, 2.24) is 5.32 Å². The Kier molecular flexibility index (Phi) is 1.35. The smallest absolute Gasteiger partial charge is 0.233 e. The fourth-order valence-electron chi connectivity index (χ4n) is 2.49. The predicted octanol–water partition coefficient (Wildman–Crippen LogP) is 0.392. The van der Waals surface area contributed by atoms with Crippen molar-refractivity contribution >= 4 is 5.91 Å². The molecular formula is C11H11NO2. The lowest BCUT2D eigenvalue weighted by molar-refractivity contribution is -0.123. The monoisotopic (exact) mass is 189 g/mol. The van der Waals surface area contributed by atoms with Crippen molar-refractivity contribution in [2.24, 2.45) is 5.92 Å². The number of aliphatic hydroxyl groups is 1. The first-order valence-corrected chi connectivity index (χ1v) is 4.80. The lowest BCUT2D eigenvalue weighted by Gasteiger charge is -2.09. The topological polar surface area (TPSA) is 49.3 Å². The Labute approximate surface area is 81.8 Å². The summed E-state index contributed by atoms with van der Waals surface area (Å²) in [6, 6.07) is 9.70. The van der Waals surface area contributed by atoms with E-state index in [1.54, 1.807) is 0 Å². The Morgan fingerprint density at radius 1 is 1.36 bits per heavy atom. The van der Waals surface area contributed by atoms with Crippen LogP contribution in [0.5, 0.6) is 0 Å². The number of hydrogen-bond donors (Lipinski definition) is 2. The molecule has 2 aliphatic rings. The summed E-state index contributed by atoms with van der Waals surface area (Å²) < 4.78 is 0. The number of benzene rings is 1. The van der Waals surface area contributed by atoms with Gasteiger partial charge in [-0.3, -0.25) is 4.79 Å². The average molecular weight is 189 g/mol. The molecule has 2 fully saturated rings. The number of aliphatic hydroxyl groups excluding tert-OH is 1. The van der Waals surface area contributed by atoms with Gasteiger partial charge in [-0.2, -0.15) is 0 Å². The molecule has 1 aliphatic heterocycles. The van der Waals surface area contributed by atoms with Gasteiger partial charge < -0.3 is 10.4 Å². The maximum atomic E-state index is 11.7. The van der Waals surface area contributed by atoms with Gasteiger partial charge in [0.05, 0.1) is 5.41 Å². The minimum atomic E-state index is -0.650. The van der Waals surface area contributed by atoms with E-state index in [0.29, 0.717) is 0 Å². The van der Waals surface area contributed by atoms with Crippen LogP contribution in [0.3, 0.4) is 0 Å². The summed E-state index contributed by atoms with van der Waals surface area (Å²) in [4.78, 5) is 11.7. The van der Waals surface area contributed by atoms with Gasteiger partial charge in [-0.1, -0.05) is 30.3 Å². The zero-order valence-electron chi connectivity index (χ0n) is 7.60. The SMILES string of the molecule is O=C1NC(O)C2CC12c1ccccc1. The zero-order valence-corrected chi connectivity index (χ0v) is 7.60. The van der Waals surface area contributed by atoms with Gasteiger partial charge in [0.25, 0.3) is 0 Å². The number of carbonyl (C=O) groups excluding carboxylic acids is 1. The molecule has 3 rings (SSSR count). The largest absolute Gasteiger partial charge is 0.373 e. The molecule has 1 heterocycles. The quantitative estimate of drug-likeness (QED) is 0.671. The molecule has 0 radical (unpaired) electrons. The molecule has 3 atom stereocenters. The van der Waals surface area contributed by atoms with E-state index < -0.39 is 11.6 Å². The number of nitrogens with one attached hydrogen (secondary N) is 1. The van der Waals surface area contributed by atoms with Crippen molar-refractivity contribution in [3.05, 3.63) is 35.9 Å². The first-order valence-electron chi connectivity index (χ1n) is 4.80. The first-order chi connectivity index (χ1) is 6.75. The summed E-state index contributed by atoms with van der Waals surface area (Å²) in [5.74, 6) is 0.0543. The molecule has 1 amide bonds. The number of piperidine rings is 1. The van der Waals surface area contributed by atoms with Crippen LogP contribution in [-0.4, -0.2) is 17.2 Å². The van der Waals surface area contributed by atoms with Crippen LogP contribution in [0, 0.1) is 5.92 Å².